The predicted molar refractivity (Wildman–Crippen MR) is 87.1 cm³/mol. The first-order chi connectivity index (χ1) is 9.70. The number of nitrogens with zero attached hydrogens (tertiary/aromatic N) is 1. The molecule has 0 aliphatic rings. The van der Waals surface area contributed by atoms with Crippen molar-refractivity contribution in [3.8, 4) is 0 Å². The lowest BCUT2D eigenvalue weighted by Gasteiger charge is -2.09. The number of aromatic nitrogens is 1. The third-order valence-corrected chi connectivity index (χ3v) is 6.35. The van der Waals surface area contributed by atoms with E-state index in [2.05, 4.69) is 9.71 Å². The summed E-state index contributed by atoms with van der Waals surface area (Å²) in [5.74, 6) is 0. The number of halogens is 3. The molecule has 1 heterocycles. The van der Waals surface area contributed by atoms with Crippen molar-refractivity contribution in [2.75, 3.05) is 0 Å². The quantitative estimate of drug-likeness (QED) is 0.802. The fourth-order valence-corrected chi connectivity index (χ4v) is 4.65. The number of hydrogen-bond acceptors (Lipinski definition) is 4. The summed E-state index contributed by atoms with van der Waals surface area (Å²) < 4.78 is 27.1. The molecular weight excluding hydrogens is 375 g/mol. The molecule has 1 aromatic heterocycles. The van der Waals surface area contributed by atoms with Gasteiger partial charge in [0.2, 0.25) is 10.0 Å². The van der Waals surface area contributed by atoms with Gasteiger partial charge in [-0.25, -0.2) is 18.1 Å². The summed E-state index contributed by atoms with van der Waals surface area (Å²) >= 11 is 19.0. The van der Waals surface area contributed by atoms with Crippen LogP contribution in [0.1, 0.15) is 15.6 Å². The van der Waals surface area contributed by atoms with E-state index in [0.717, 1.165) is 15.6 Å². The van der Waals surface area contributed by atoms with E-state index in [1.54, 1.807) is 0 Å². The molecule has 0 fully saturated rings. The summed E-state index contributed by atoms with van der Waals surface area (Å²) in [4.78, 5) is 5.00. The van der Waals surface area contributed by atoms with Gasteiger partial charge >= 0.3 is 0 Å². The first kappa shape index (κ1) is 17.0. The van der Waals surface area contributed by atoms with Crippen LogP contribution in [0.5, 0.6) is 0 Å². The second-order valence-electron chi connectivity index (χ2n) is 4.26. The molecule has 0 unspecified atom stereocenters. The van der Waals surface area contributed by atoms with Crippen LogP contribution in [0.3, 0.4) is 0 Å². The summed E-state index contributed by atoms with van der Waals surface area (Å²) in [6.45, 7) is 3.85. The number of rotatable bonds is 4. The normalized spacial score (nSPS) is 11.9. The molecule has 0 atom stereocenters. The Morgan fingerprint density at radius 1 is 1.14 bits per heavy atom. The van der Waals surface area contributed by atoms with Crippen LogP contribution < -0.4 is 4.72 Å². The zero-order valence-corrected chi connectivity index (χ0v) is 15.0. The van der Waals surface area contributed by atoms with Crippen molar-refractivity contribution >= 4 is 56.2 Å². The van der Waals surface area contributed by atoms with Gasteiger partial charge in [0.15, 0.2) is 0 Å². The fraction of sp³-hybridized carbons (Fsp3) is 0.250. The van der Waals surface area contributed by atoms with Gasteiger partial charge in [-0.2, -0.15) is 0 Å². The molecule has 0 spiro atoms. The van der Waals surface area contributed by atoms with E-state index >= 15 is 0 Å². The van der Waals surface area contributed by atoms with Gasteiger partial charge in [0, 0.05) is 11.4 Å². The number of sulfonamides is 1. The summed E-state index contributed by atoms with van der Waals surface area (Å²) in [5, 5.41) is 1.24. The first-order valence-corrected chi connectivity index (χ1v) is 9.21. The molecule has 2 rings (SSSR count). The monoisotopic (exact) mass is 384 g/mol. The maximum absolute atomic E-state index is 12.3. The lowest BCUT2D eigenvalue weighted by atomic mass is 10.4. The van der Waals surface area contributed by atoms with Crippen LogP contribution in [0.25, 0.3) is 0 Å². The van der Waals surface area contributed by atoms with Gasteiger partial charge in [-0.1, -0.05) is 34.8 Å². The van der Waals surface area contributed by atoms with Crippen LogP contribution in [0.15, 0.2) is 17.0 Å². The van der Waals surface area contributed by atoms with Crippen molar-refractivity contribution < 1.29 is 8.42 Å². The van der Waals surface area contributed by atoms with Gasteiger partial charge in [0.25, 0.3) is 0 Å². The molecule has 0 amide bonds. The topological polar surface area (TPSA) is 59.1 Å². The minimum Gasteiger partial charge on any atom is -0.247 e. The highest BCUT2D eigenvalue weighted by atomic mass is 35.5. The Kier molecular flexibility index (Phi) is 5.18. The largest absolute Gasteiger partial charge is 0.247 e. The van der Waals surface area contributed by atoms with E-state index in [0.29, 0.717) is 0 Å². The number of benzene rings is 1. The lowest BCUT2D eigenvalue weighted by Crippen LogP contribution is -2.23. The molecular formula is C12H11Cl3N2O2S2. The van der Waals surface area contributed by atoms with Crippen molar-refractivity contribution in [1.29, 1.82) is 0 Å². The summed E-state index contributed by atoms with van der Waals surface area (Å²) in [5.41, 5.74) is 0.806. The van der Waals surface area contributed by atoms with Gasteiger partial charge in [-0.05, 0) is 26.0 Å². The van der Waals surface area contributed by atoms with Gasteiger partial charge in [0.05, 0.1) is 25.8 Å². The Morgan fingerprint density at radius 3 is 2.33 bits per heavy atom. The third kappa shape index (κ3) is 3.88. The van der Waals surface area contributed by atoms with Crippen LogP contribution in [-0.4, -0.2) is 13.4 Å². The smallest absolute Gasteiger partial charge is 0.242 e. The molecule has 1 N–H and O–H groups in total. The molecule has 0 saturated carbocycles. The standard InChI is InChI=1S/C12H11Cl3N2O2S2/c1-6-11(20-7(2)17-6)5-16-21(18,19)12-4-9(14)8(13)3-10(12)15/h3-4,16H,5H2,1-2H3. The minimum absolute atomic E-state index is 0.0223. The maximum Gasteiger partial charge on any atom is 0.242 e. The number of nitrogens with one attached hydrogen (secondary N) is 1. The second-order valence-corrected chi connectivity index (χ2v) is 8.51. The van der Waals surface area contributed by atoms with Gasteiger partial charge in [-0.3, -0.25) is 0 Å². The minimum atomic E-state index is -3.78. The highest BCUT2D eigenvalue weighted by molar-refractivity contribution is 7.89. The van der Waals surface area contributed by atoms with Crippen molar-refractivity contribution in [3.63, 3.8) is 0 Å². The lowest BCUT2D eigenvalue weighted by molar-refractivity contribution is 0.581. The molecule has 0 aliphatic heterocycles. The number of thiazole rings is 1. The highest BCUT2D eigenvalue weighted by Crippen LogP contribution is 2.31. The van der Waals surface area contributed by atoms with Gasteiger partial charge < -0.3 is 0 Å². The molecule has 0 saturated heterocycles. The van der Waals surface area contributed by atoms with E-state index in [9.17, 15) is 8.42 Å². The first-order valence-electron chi connectivity index (χ1n) is 5.78. The molecule has 0 radical (unpaired) electrons. The molecule has 0 aliphatic carbocycles. The van der Waals surface area contributed by atoms with Crippen molar-refractivity contribution in [3.05, 3.63) is 42.8 Å². The van der Waals surface area contributed by atoms with E-state index in [4.69, 9.17) is 34.8 Å². The Bertz CT molecular complexity index is 788. The zero-order chi connectivity index (χ0) is 15.8. The molecule has 21 heavy (non-hydrogen) atoms. The third-order valence-electron chi connectivity index (χ3n) is 2.69. The van der Waals surface area contributed by atoms with Gasteiger partial charge in [0.1, 0.15) is 4.90 Å². The molecule has 2 aromatic rings. The molecule has 9 heteroatoms. The Morgan fingerprint density at radius 2 is 1.76 bits per heavy atom. The molecule has 114 valence electrons. The zero-order valence-electron chi connectivity index (χ0n) is 11.1. The Labute approximate surface area is 142 Å². The number of aryl methyl sites for hydroxylation is 2. The van der Waals surface area contributed by atoms with E-state index in [-0.39, 0.29) is 26.5 Å². The van der Waals surface area contributed by atoms with E-state index in [1.165, 1.54) is 23.5 Å². The van der Waals surface area contributed by atoms with Crippen LogP contribution in [0.4, 0.5) is 0 Å². The average Bonchev–Trinajstić information content (AvgIpc) is 2.70. The maximum atomic E-state index is 12.3. The average molecular weight is 386 g/mol. The summed E-state index contributed by atoms with van der Waals surface area (Å²) in [6.07, 6.45) is 0. The van der Waals surface area contributed by atoms with E-state index < -0.39 is 10.0 Å². The van der Waals surface area contributed by atoms with Crippen molar-refractivity contribution in [1.82, 2.24) is 9.71 Å². The number of hydrogen-bond donors (Lipinski definition) is 1. The molecule has 0 bridgehead atoms. The van der Waals surface area contributed by atoms with Crippen LogP contribution in [0.2, 0.25) is 15.1 Å². The fourth-order valence-electron chi connectivity index (χ4n) is 1.69. The van der Waals surface area contributed by atoms with Gasteiger partial charge in [-0.15, -0.1) is 11.3 Å². The van der Waals surface area contributed by atoms with Crippen molar-refractivity contribution in [2.45, 2.75) is 25.3 Å². The summed E-state index contributed by atoms with van der Waals surface area (Å²) in [6, 6.07) is 2.54. The summed E-state index contributed by atoms with van der Waals surface area (Å²) in [7, 11) is -3.78. The molecule has 1 aromatic carbocycles. The highest BCUT2D eigenvalue weighted by Gasteiger charge is 2.20. The van der Waals surface area contributed by atoms with Crippen LogP contribution in [-0.2, 0) is 16.6 Å². The SMILES string of the molecule is Cc1nc(C)c(CNS(=O)(=O)c2cc(Cl)c(Cl)cc2Cl)s1. The Balaban J connectivity index is 2.27. The van der Waals surface area contributed by atoms with E-state index in [1.807, 2.05) is 13.8 Å². The Hall–Kier alpha value is -0.370. The second kappa shape index (κ2) is 6.40. The predicted octanol–water partition coefficient (Wildman–Crippen LogP) is 4.20. The van der Waals surface area contributed by atoms with Crippen LogP contribution >= 0.6 is 46.1 Å². The molecule has 4 nitrogen and oxygen atoms in total. The van der Waals surface area contributed by atoms with Crippen molar-refractivity contribution in [2.24, 2.45) is 0 Å². The van der Waals surface area contributed by atoms with Crippen LogP contribution in [0, 0.1) is 13.8 Å².